The second kappa shape index (κ2) is 4.42. The van der Waals surface area contributed by atoms with Crippen molar-refractivity contribution in [2.75, 3.05) is 0 Å². The monoisotopic (exact) mass is 234 g/mol. The van der Waals surface area contributed by atoms with Gasteiger partial charge in [-0.1, -0.05) is 12.1 Å². The molecule has 0 saturated carbocycles. The van der Waals surface area contributed by atoms with Gasteiger partial charge in [0.15, 0.2) is 0 Å². The largest absolute Gasteiger partial charge is 0.320 e. The van der Waals surface area contributed by atoms with Gasteiger partial charge in [-0.15, -0.1) is 0 Å². The van der Waals surface area contributed by atoms with E-state index in [0.29, 0.717) is 0 Å². The molecule has 0 spiro atoms. The maximum atomic E-state index is 10.6. The highest BCUT2D eigenvalue weighted by atomic mass is 32.1. The first-order valence-electron chi connectivity index (χ1n) is 4.70. The minimum atomic E-state index is -0.413. The van der Waals surface area contributed by atoms with Crippen LogP contribution >= 0.6 is 11.3 Å². The topological polar surface area (TPSA) is 69.2 Å². The highest BCUT2D eigenvalue weighted by Crippen LogP contribution is 2.24. The normalized spacial score (nSPS) is 12.3. The first-order valence-corrected chi connectivity index (χ1v) is 5.65. The Morgan fingerprint density at radius 2 is 2.12 bits per heavy atom. The van der Waals surface area contributed by atoms with Crippen LogP contribution in [0.3, 0.4) is 0 Å². The number of nitrogens with zero attached hydrogens (tertiary/aromatic N) is 1. The summed E-state index contributed by atoms with van der Waals surface area (Å²) < 4.78 is 0. The zero-order chi connectivity index (χ0) is 11.5. The molecule has 1 aromatic heterocycles. The van der Waals surface area contributed by atoms with Crippen LogP contribution < -0.4 is 5.73 Å². The summed E-state index contributed by atoms with van der Waals surface area (Å²) in [6.45, 7) is 0. The Kier molecular flexibility index (Phi) is 2.98. The van der Waals surface area contributed by atoms with Crippen LogP contribution in [0, 0.1) is 10.1 Å². The van der Waals surface area contributed by atoms with E-state index in [4.69, 9.17) is 5.73 Å². The van der Waals surface area contributed by atoms with E-state index in [9.17, 15) is 10.1 Å². The fourth-order valence-electron chi connectivity index (χ4n) is 1.48. The summed E-state index contributed by atoms with van der Waals surface area (Å²) in [6.07, 6.45) is 0. The number of rotatable bonds is 3. The third-order valence-electron chi connectivity index (χ3n) is 2.34. The van der Waals surface area contributed by atoms with Crippen molar-refractivity contribution in [1.29, 1.82) is 0 Å². The lowest BCUT2D eigenvalue weighted by Crippen LogP contribution is -2.10. The number of benzene rings is 1. The average molecular weight is 234 g/mol. The average Bonchev–Trinajstić information content (AvgIpc) is 2.81. The summed E-state index contributed by atoms with van der Waals surface area (Å²) in [7, 11) is 0. The Morgan fingerprint density at radius 1 is 1.31 bits per heavy atom. The molecule has 0 fully saturated rings. The number of nitro benzene ring substituents is 1. The number of non-ortho nitro benzene ring substituents is 1. The van der Waals surface area contributed by atoms with Gasteiger partial charge in [0.25, 0.3) is 5.69 Å². The molecule has 4 nitrogen and oxygen atoms in total. The molecule has 2 N–H and O–H groups in total. The van der Waals surface area contributed by atoms with Crippen molar-refractivity contribution in [1.82, 2.24) is 0 Å². The Morgan fingerprint density at radius 3 is 2.75 bits per heavy atom. The van der Waals surface area contributed by atoms with Gasteiger partial charge in [0.1, 0.15) is 0 Å². The molecular weight excluding hydrogens is 224 g/mol. The molecule has 5 heteroatoms. The van der Waals surface area contributed by atoms with Crippen molar-refractivity contribution in [3.63, 3.8) is 0 Å². The molecule has 1 heterocycles. The van der Waals surface area contributed by atoms with Gasteiger partial charge in [0, 0.05) is 12.1 Å². The molecule has 0 bridgehead atoms. The van der Waals surface area contributed by atoms with Gasteiger partial charge >= 0.3 is 0 Å². The number of nitrogens with two attached hydrogens (primary N) is 1. The smallest absolute Gasteiger partial charge is 0.269 e. The van der Waals surface area contributed by atoms with Crippen LogP contribution in [0.2, 0.25) is 0 Å². The second-order valence-electron chi connectivity index (χ2n) is 3.39. The summed E-state index contributed by atoms with van der Waals surface area (Å²) in [5, 5.41) is 14.5. The lowest BCUT2D eigenvalue weighted by Gasteiger charge is -2.09. The van der Waals surface area contributed by atoms with Crippen LogP contribution in [-0.4, -0.2) is 4.92 Å². The van der Waals surface area contributed by atoms with Crippen molar-refractivity contribution in [3.8, 4) is 0 Å². The third-order valence-corrected chi connectivity index (χ3v) is 3.04. The molecular formula is C11H10N2O2S. The number of thiophene rings is 1. The summed E-state index contributed by atoms with van der Waals surface area (Å²) in [5.74, 6) is 0. The first kappa shape index (κ1) is 10.8. The lowest BCUT2D eigenvalue weighted by atomic mass is 10.0. The van der Waals surface area contributed by atoms with Crippen LogP contribution in [0.25, 0.3) is 0 Å². The van der Waals surface area contributed by atoms with E-state index in [1.165, 1.54) is 12.1 Å². The fraction of sp³-hybridized carbons (Fsp3) is 0.0909. The number of hydrogen-bond donors (Lipinski definition) is 1. The van der Waals surface area contributed by atoms with Crippen molar-refractivity contribution in [2.24, 2.45) is 5.73 Å². The molecule has 0 saturated heterocycles. The molecule has 16 heavy (non-hydrogen) atoms. The van der Waals surface area contributed by atoms with Gasteiger partial charge in [0.05, 0.1) is 11.0 Å². The molecule has 0 aliphatic heterocycles. The van der Waals surface area contributed by atoms with E-state index in [1.54, 1.807) is 23.5 Å². The summed E-state index contributed by atoms with van der Waals surface area (Å²) in [5.41, 5.74) is 7.82. The SMILES string of the molecule is N[C@@H](c1ccsc1)c1cccc([N+](=O)[O-])c1. The zero-order valence-electron chi connectivity index (χ0n) is 8.37. The molecule has 2 aromatic rings. The van der Waals surface area contributed by atoms with Gasteiger partial charge in [-0.25, -0.2) is 0 Å². The lowest BCUT2D eigenvalue weighted by molar-refractivity contribution is -0.384. The van der Waals surface area contributed by atoms with E-state index in [0.717, 1.165) is 11.1 Å². The van der Waals surface area contributed by atoms with E-state index in [1.807, 2.05) is 16.8 Å². The quantitative estimate of drug-likeness (QED) is 0.655. The van der Waals surface area contributed by atoms with Crippen molar-refractivity contribution >= 4 is 17.0 Å². The van der Waals surface area contributed by atoms with E-state index in [-0.39, 0.29) is 11.7 Å². The maximum Gasteiger partial charge on any atom is 0.269 e. The highest BCUT2D eigenvalue weighted by Gasteiger charge is 2.12. The van der Waals surface area contributed by atoms with Crippen LogP contribution in [0.5, 0.6) is 0 Å². The van der Waals surface area contributed by atoms with Crippen molar-refractivity contribution in [2.45, 2.75) is 6.04 Å². The van der Waals surface area contributed by atoms with Gasteiger partial charge in [-0.3, -0.25) is 10.1 Å². The van der Waals surface area contributed by atoms with Crippen LogP contribution in [0.1, 0.15) is 17.2 Å². The third kappa shape index (κ3) is 2.10. The van der Waals surface area contributed by atoms with Gasteiger partial charge < -0.3 is 5.73 Å². The van der Waals surface area contributed by atoms with Gasteiger partial charge in [-0.05, 0) is 28.0 Å². The van der Waals surface area contributed by atoms with Gasteiger partial charge in [0.2, 0.25) is 0 Å². The Hall–Kier alpha value is -1.72. The highest BCUT2D eigenvalue weighted by molar-refractivity contribution is 7.08. The van der Waals surface area contributed by atoms with Crippen molar-refractivity contribution < 1.29 is 4.92 Å². The summed E-state index contributed by atoms with van der Waals surface area (Å²) in [4.78, 5) is 10.2. The molecule has 0 aliphatic carbocycles. The van der Waals surface area contributed by atoms with E-state index >= 15 is 0 Å². The van der Waals surface area contributed by atoms with Crippen LogP contribution in [0.4, 0.5) is 5.69 Å². The molecule has 1 atom stereocenters. The minimum Gasteiger partial charge on any atom is -0.320 e. The molecule has 82 valence electrons. The predicted molar refractivity (Wildman–Crippen MR) is 63.4 cm³/mol. The van der Waals surface area contributed by atoms with Crippen molar-refractivity contribution in [3.05, 3.63) is 62.3 Å². The van der Waals surface area contributed by atoms with E-state index in [2.05, 4.69) is 0 Å². The second-order valence-corrected chi connectivity index (χ2v) is 4.17. The maximum absolute atomic E-state index is 10.6. The predicted octanol–water partition coefficient (Wildman–Crippen LogP) is 2.70. The van der Waals surface area contributed by atoms with Crippen LogP contribution in [-0.2, 0) is 0 Å². The molecule has 0 amide bonds. The molecule has 1 aromatic carbocycles. The number of nitro groups is 1. The Bertz CT molecular complexity index is 496. The zero-order valence-corrected chi connectivity index (χ0v) is 9.18. The Balaban J connectivity index is 2.34. The summed E-state index contributed by atoms with van der Waals surface area (Å²) >= 11 is 1.56. The first-order chi connectivity index (χ1) is 7.68. The number of hydrogen-bond acceptors (Lipinski definition) is 4. The minimum absolute atomic E-state index is 0.0724. The standard InChI is InChI=1S/C11H10N2O2S/c12-11(9-4-5-16-7-9)8-2-1-3-10(6-8)13(14)15/h1-7,11H,12H2/t11-/m1/s1. The fourth-order valence-corrected chi connectivity index (χ4v) is 2.17. The van der Waals surface area contributed by atoms with Gasteiger partial charge in [-0.2, -0.15) is 11.3 Å². The Labute approximate surface area is 96.5 Å². The van der Waals surface area contributed by atoms with Crippen LogP contribution in [0.15, 0.2) is 41.1 Å². The molecule has 0 aliphatic rings. The molecule has 0 unspecified atom stereocenters. The molecule has 0 radical (unpaired) electrons. The molecule has 2 rings (SSSR count). The van der Waals surface area contributed by atoms with E-state index < -0.39 is 4.92 Å². The summed E-state index contributed by atoms with van der Waals surface area (Å²) in [6, 6.07) is 8.06.